The van der Waals surface area contributed by atoms with Crippen LogP contribution in [0.5, 0.6) is 11.5 Å². The van der Waals surface area contributed by atoms with Crippen LogP contribution in [0.4, 0.5) is 10.1 Å². The minimum Gasteiger partial charge on any atom is -0.494 e. The molecular weight excluding hydrogens is 251 g/mol. The third-order valence-corrected chi connectivity index (χ3v) is 3.11. The van der Waals surface area contributed by atoms with E-state index in [9.17, 15) is 9.18 Å². The smallest absolute Gasteiger partial charge is 0.241 e. The molecule has 2 rings (SSSR count). The highest BCUT2D eigenvalue weighted by molar-refractivity contribution is 5.96. The van der Waals surface area contributed by atoms with Crippen molar-refractivity contribution in [1.82, 2.24) is 5.32 Å². The summed E-state index contributed by atoms with van der Waals surface area (Å²) < 4.78 is 23.6. The van der Waals surface area contributed by atoms with E-state index in [1.54, 1.807) is 0 Å². The van der Waals surface area contributed by atoms with Gasteiger partial charge >= 0.3 is 0 Å². The molecule has 1 atom stereocenters. The number of rotatable bonds is 4. The Hall–Kier alpha value is -1.82. The second kappa shape index (κ2) is 5.88. The highest BCUT2D eigenvalue weighted by Crippen LogP contribution is 2.32. The first-order chi connectivity index (χ1) is 9.15. The van der Waals surface area contributed by atoms with Gasteiger partial charge < -0.3 is 20.1 Å². The number of amides is 1. The molecule has 0 bridgehead atoms. The van der Waals surface area contributed by atoms with Crippen LogP contribution in [-0.2, 0) is 4.79 Å². The van der Waals surface area contributed by atoms with Crippen molar-refractivity contribution in [2.24, 2.45) is 0 Å². The quantitative estimate of drug-likeness (QED) is 0.869. The summed E-state index contributed by atoms with van der Waals surface area (Å²) in [7, 11) is 2.83. The molecule has 2 N–H and O–H groups in total. The Morgan fingerprint density at radius 1 is 1.37 bits per heavy atom. The standard InChI is InChI=1S/C13H17FN2O3/c1-18-11-7-12(19-2)10(6-8(11)14)16-13(17)9-4-3-5-15-9/h6-7,9,15H,3-5H2,1-2H3,(H,16,17)/t9-/m0/s1. The van der Waals surface area contributed by atoms with Crippen molar-refractivity contribution in [1.29, 1.82) is 0 Å². The zero-order valence-corrected chi connectivity index (χ0v) is 11.0. The lowest BCUT2D eigenvalue weighted by molar-refractivity contribution is -0.117. The van der Waals surface area contributed by atoms with Gasteiger partial charge in [-0.25, -0.2) is 4.39 Å². The lowest BCUT2D eigenvalue weighted by Gasteiger charge is -2.15. The normalized spacial score (nSPS) is 18.2. The van der Waals surface area contributed by atoms with Crippen LogP contribution in [0.2, 0.25) is 0 Å². The molecule has 0 radical (unpaired) electrons. The maximum absolute atomic E-state index is 13.6. The van der Waals surface area contributed by atoms with Gasteiger partial charge in [-0.3, -0.25) is 4.79 Å². The molecule has 1 aromatic carbocycles. The van der Waals surface area contributed by atoms with Crippen molar-refractivity contribution in [2.75, 3.05) is 26.1 Å². The van der Waals surface area contributed by atoms with Crippen LogP contribution >= 0.6 is 0 Å². The molecule has 0 unspecified atom stereocenters. The van der Waals surface area contributed by atoms with E-state index >= 15 is 0 Å². The number of ether oxygens (including phenoxy) is 2. The molecule has 1 saturated heterocycles. The number of hydrogen-bond donors (Lipinski definition) is 2. The highest BCUT2D eigenvalue weighted by atomic mass is 19.1. The van der Waals surface area contributed by atoms with Gasteiger partial charge in [-0.2, -0.15) is 0 Å². The second-order valence-corrected chi connectivity index (χ2v) is 4.33. The summed E-state index contributed by atoms with van der Waals surface area (Å²) in [5, 5.41) is 5.75. The maximum Gasteiger partial charge on any atom is 0.241 e. The van der Waals surface area contributed by atoms with E-state index < -0.39 is 5.82 Å². The van der Waals surface area contributed by atoms with Crippen molar-refractivity contribution < 1.29 is 18.7 Å². The van der Waals surface area contributed by atoms with Crippen molar-refractivity contribution in [2.45, 2.75) is 18.9 Å². The fourth-order valence-electron chi connectivity index (χ4n) is 2.09. The maximum atomic E-state index is 13.6. The molecule has 104 valence electrons. The fraction of sp³-hybridized carbons (Fsp3) is 0.462. The van der Waals surface area contributed by atoms with Gasteiger partial charge in [0, 0.05) is 12.1 Å². The van der Waals surface area contributed by atoms with Crippen LogP contribution in [0.1, 0.15) is 12.8 Å². The van der Waals surface area contributed by atoms with Gasteiger partial charge in [0.2, 0.25) is 5.91 Å². The molecule has 1 aliphatic heterocycles. The first kappa shape index (κ1) is 13.6. The molecule has 5 nitrogen and oxygen atoms in total. The number of anilines is 1. The summed E-state index contributed by atoms with van der Waals surface area (Å²) in [6.07, 6.45) is 1.75. The number of methoxy groups -OCH3 is 2. The Morgan fingerprint density at radius 3 is 2.68 bits per heavy atom. The first-order valence-electron chi connectivity index (χ1n) is 6.11. The van der Waals surface area contributed by atoms with E-state index in [2.05, 4.69) is 10.6 Å². The summed E-state index contributed by atoms with van der Waals surface area (Å²) in [6.45, 7) is 0.826. The van der Waals surface area contributed by atoms with Crippen LogP contribution in [0.15, 0.2) is 12.1 Å². The van der Waals surface area contributed by atoms with E-state index in [0.717, 1.165) is 19.4 Å². The Kier molecular flexibility index (Phi) is 4.21. The van der Waals surface area contributed by atoms with Crippen molar-refractivity contribution >= 4 is 11.6 Å². The summed E-state index contributed by atoms with van der Waals surface area (Å²) in [5.41, 5.74) is 0.305. The Labute approximate surface area is 111 Å². The summed E-state index contributed by atoms with van der Waals surface area (Å²) in [4.78, 5) is 12.0. The lowest BCUT2D eigenvalue weighted by atomic mass is 10.2. The van der Waals surface area contributed by atoms with Crippen molar-refractivity contribution in [3.8, 4) is 11.5 Å². The molecule has 1 aromatic rings. The minimum atomic E-state index is -0.544. The summed E-state index contributed by atoms with van der Waals surface area (Å²) in [6, 6.07) is 2.38. The second-order valence-electron chi connectivity index (χ2n) is 4.33. The molecule has 19 heavy (non-hydrogen) atoms. The average molecular weight is 268 g/mol. The number of halogens is 1. The number of nitrogens with one attached hydrogen (secondary N) is 2. The number of carbonyl (C=O) groups excluding carboxylic acids is 1. The molecule has 0 saturated carbocycles. The van der Waals surface area contributed by atoms with Gasteiger partial charge in [-0.05, 0) is 19.4 Å². The monoisotopic (exact) mass is 268 g/mol. The van der Waals surface area contributed by atoms with Crippen molar-refractivity contribution in [3.05, 3.63) is 17.9 Å². The van der Waals surface area contributed by atoms with Crippen LogP contribution in [0, 0.1) is 5.82 Å². The molecule has 1 amide bonds. The van der Waals surface area contributed by atoms with Gasteiger partial charge in [0.15, 0.2) is 11.6 Å². The van der Waals surface area contributed by atoms with E-state index in [1.807, 2.05) is 0 Å². The van der Waals surface area contributed by atoms with E-state index in [4.69, 9.17) is 9.47 Å². The number of hydrogen-bond acceptors (Lipinski definition) is 4. The van der Waals surface area contributed by atoms with Gasteiger partial charge in [-0.1, -0.05) is 0 Å². The van der Waals surface area contributed by atoms with E-state index in [0.29, 0.717) is 11.4 Å². The van der Waals surface area contributed by atoms with Gasteiger partial charge in [0.1, 0.15) is 5.75 Å². The molecule has 0 spiro atoms. The first-order valence-corrected chi connectivity index (χ1v) is 6.11. The highest BCUT2D eigenvalue weighted by Gasteiger charge is 2.23. The molecule has 1 heterocycles. The van der Waals surface area contributed by atoms with Gasteiger partial charge in [0.05, 0.1) is 25.9 Å². The van der Waals surface area contributed by atoms with Crippen LogP contribution in [0.3, 0.4) is 0 Å². The Balaban J connectivity index is 2.18. The third-order valence-electron chi connectivity index (χ3n) is 3.11. The zero-order chi connectivity index (χ0) is 13.8. The zero-order valence-electron chi connectivity index (χ0n) is 11.0. The Bertz CT molecular complexity index is 473. The summed E-state index contributed by atoms with van der Waals surface area (Å²) >= 11 is 0. The third kappa shape index (κ3) is 2.96. The molecular formula is C13H17FN2O3. The largest absolute Gasteiger partial charge is 0.494 e. The van der Waals surface area contributed by atoms with Crippen LogP contribution in [-0.4, -0.2) is 32.7 Å². The van der Waals surface area contributed by atoms with Crippen LogP contribution < -0.4 is 20.1 Å². The SMILES string of the molecule is COc1cc(OC)c(NC(=O)[C@@H]2CCCN2)cc1F. The van der Waals surface area contributed by atoms with E-state index in [-0.39, 0.29) is 17.7 Å². The van der Waals surface area contributed by atoms with Gasteiger partial charge in [0.25, 0.3) is 0 Å². The average Bonchev–Trinajstić information content (AvgIpc) is 2.93. The Morgan fingerprint density at radius 2 is 2.11 bits per heavy atom. The lowest BCUT2D eigenvalue weighted by Crippen LogP contribution is -2.35. The molecule has 1 aliphatic rings. The minimum absolute atomic E-state index is 0.0776. The molecule has 0 aliphatic carbocycles. The molecule has 0 aromatic heterocycles. The van der Waals surface area contributed by atoms with Crippen molar-refractivity contribution in [3.63, 3.8) is 0 Å². The molecule has 6 heteroatoms. The van der Waals surface area contributed by atoms with E-state index in [1.165, 1.54) is 26.4 Å². The predicted molar refractivity (Wildman–Crippen MR) is 69.2 cm³/mol. The fourth-order valence-corrected chi connectivity index (χ4v) is 2.09. The number of benzene rings is 1. The predicted octanol–water partition coefficient (Wildman–Crippen LogP) is 1.53. The van der Waals surface area contributed by atoms with Gasteiger partial charge in [-0.15, -0.1) is 0 Å². The van der Waals surface area contributed by atoms with Crippen LogP contribution in [0.25, 0.3) is 0 Å². The summed E-state index contributed by atoms with van der Waals surface area (Å²) in [5.74, 6) is -0.281. The molecule has 1 fully saturated rings. The number of carbonyl (C=O) groups is 1. The topological polar surface area (TPSA) is 59.6 Å².